The molecule has 6 heteroatoms. The topological polar surface area (TPSA) is 55.6 Å². The molecule has 0 atom stereocenters. The van der Waals surface area contributed by atoms with E-state index in [1.54, 1.807) is 0 Å². The Labute approximate surface area is 131 Å². The Bertz CT molecular complexity index is 739. The summed E-state index contributed by atoms with van der Waals surface area (Å²) in [4.78, 5) is 1.54. The molecule has 0 amide bonds. The molecule has 21 heavy (non-hydrogen) atoms. The average Bonchev–Trinajstić information content (AvgIpc) is 2.98. The molecule has 3 aromatic rings. The Balaban J connectivity index is 1.93. The van der Waals surface area contributed by atoms with Gasteiger partial charge in [0.05, 0.1) is 0 Å². The van der Waals surface area contributed by atoms with Crippen molar-refractivity contribution in [1.82, 2.24) is 25.5 Å². The van der Waals surface area contributed by atoms with Crippen LogP contribution in [0.15, 0.2) is 53.0 Å². The summed E-state index contributed by atoms with van der Waals surface area (Å²) in [6.45, 7) is 0.818. The van der Waals surface area contributed by atoms with Crippen molar-refractivity contribution in [3.8, 4) is 17.1 Å². The first kappa shape index (κ1) is 13.9. The van der Waals surface area contributed by atoms with E-state index in [1.165, 1.54) is 10.4 Å². The number of benzene rings is 2. The molecule has 0 aliphatic rings. The molecule has 0 saturated carbocycles. The van der Waals surface area contributed by atoms with Gasteiger partial charge >= 0.3 is 0 Å². The fraction of sp³-hybridized carbons (Fsp3) is 0.133. The molecule has 0 aliphatic heterocycles. The highest BCUT2D eigenvalue weighted by Crippen LogP contribution is 2.22. The van der Waals surface area contributed by atoms with Crippen LogP contribution in [0, 0.1) is 0 Å². The Morgan fingerprint density at radius 1 is 1.14 bits per heavy atom. The van der Waals surface area contributed by atoms with Gasteiger partial charge in [-0.05, 0) is 45.9 Å². The zero-order valence-corrected chi connectivity index (χ0v) is 13.1. The van der Waals surface area contributed by atoms with Crippen molar-refractivity contribution in [3.63, 3.8) is 0 Å². The maximum Gasteiger partial charge on any atom is 0.205 e. The first-order valence-electron chi connectivity index (χ1n) is 6.57. The number of aromatic nitrogens is 4. The molecule has 5 nitrogen and oxygen atoms in total. The molecule has 3 rings (SSSR count). The van der Waals surface area contributed by atoms with Gasteiger partial charge in [0.25, 0.3) is 0 Å². The first-order chi connectivity index (χ1) is 10.3. The van der Waals surface area contributed by atoms with Crippen molar-refractivity contribution in [3.05, 3.63) is 58.6 Å². The van der Waals surface area contributed by atoms with Crippen LogP contribution in [0.3, 0.4) is 0 Å². The lowest BCUT2D eigenvalue weighted by Gasteiger charge is -2.05. The average molecular weight is 344 g/mol. The number of hydrogen-bond donors (Lipinski definition) is 1. The summed E-state index contributed by atoms with van der Waals surface area (Å²) >= 11 is 3.56. The quantitative estimate of drug-likeness (QED) is 0.791. The summed E-state index contributed by atoms with van der Waals surface area (Å²) in [7, 11) is 1.92. The van der Waals surface area contributed by atoms with Crippen LogP contribution >= 0.6 is 15.9 Å². The van der Waals surface area contributed by atoms with Gasteiger partial charge in [0.15, 0.2) is 0 Å². The van der Waals surface area contributed by atoms with Crippen LogP contribution in [-0.4, -0.2) is 27.3 Å². The fourth-order valence-electron chi connectivity index (χ4n) is 2.05. The highest BCUT2D eigenvalue weighted by atomic mass is 79.9. The molecule has 0 saturated heterocycles. The minimum absolute atomic E-state index is 0.613. The van der Waals surface area contributed by atoms with Crippen LogP contribution in [0.2, 0.25) is 0 Å². The fourth-order valence-corrected chi connectivity index (χ4v) is 2.63. The predicted molar refractivity (Wildman–Crippen MR) is 85.1 cm³/mol. The van der Waals surface area contributed by atoms with Crippen LogP contribution in [0.1, 0.15) is 5.56 Å². The van der Waals surface area contributed by atoms with E-state index in [0.29, 0.717) is 5.82 Å². The van der Waals surface area contributed by atoms with E-state index in [-0.39, 0.29) is 0 Å². The Morgan fingerprint density at radius 2 is 1.95 bits per heavy atom. The second-order valence-corrected chi connectivity index (χ2v) is 5.44. The molecule has 1 N–H and O–H groups in total. The van der Waals surface area contributed by atoms with Gasteiger partial charge < -0.3 is 5.32 Å². The zero-order valence-electron chi connectivity index (χ0n) is 11.5. The molecule has 0 bridgehead atoms. The number of halogens is 1. The van der Waals surface area contributed by atoms with Gasteiger partial charge in [0, 0.05) is 16.6 Å². The van der Waals surface area contributed by atoms with E-state index in [9.17, 15) is 0 Å². The lowest BCUT2D eigenvalue weighted by Crippen LogP contribution is -2.06. The lowest BCUT2D eigenvalue weighted by atomic mass is 10.2. The van der Waals surface area contributed by atoms with Gasteiger partial charge in [-0.2, -0.15) is 0 Å². The van der Waals surface area contributed by atoms with Crippen molar-refractivity contribution in [2.75, 3.05) is 7.05 Å². The second-order valence-electron chi connectivity index (χ2n) is 4.58. The van der Waals surface area contributed by atoms with Crippen LogP contribution in [0.25, 0.3) is 17.1 Å². The van der Waals surface area contributed by atoms with Gasteiger partial charge in [0.1, 0.15) is 5.69 Å². The molecule has 0 spiro atoms. The number of nitrogens with one attached hydrogen (secondary N) is 1. The molecule has 0 fully saturated rings. The van der Waals surface area contributed by atoms with Crippen LogP contribution in [0.5, 0.6) is 0 Å². The summed E-state index contributed by atoms with van der Waals surface area (Å²) in [5.41, 5.74) is 3.01. The van der Waals surface area contributed by atoms with Crippen molar-refractivity contribution in [2.24, 2.45) is 0 Å². The summed E-state index contributed by atoms with van der Waals surface area (Å²) < 4.78 is 0.937. The first-order valence-corrected chi connectivity index (χ1v) is 7.36. The van der Waals surface area contributed by atoms with Gasteiger partial charge in [-0.25, -0.2) is 0 Å². The van der Waals surface area contributed by atoms with Crippen LogP contribution < -0.4 is 5.32 Å². The largest absolute Gasteiger partial charge is 0.316 e. The van der Waals surface area contributed by atoms with E-state index >= 15 is 0 Å². The summed E-state index contributed by atoms with van der Waals surface area (Å²) in [5, 5.41) is 15.8. The molecular formula is C15H14BrN5. The number of tetrazole rings is 1. The molecule has 0 radical (unpaired) electrons. The van der Waals surface area contributed by atoms with Crippen molar-refractivity contribution >= 4 is 15.9 Å². The van der Waals surface area contributed by atoms with E-state index in [1.807, 2.05) is 49.5 Å². The molecule has 1 heterocycles. The molecule has 0 unspecified atom stereocenters. The van der Waals surface area contributed by atoms with Crippen LogP contribution in [0.4, 0.5) is 0 Å². The highest BCUT2D eigenvalue weighted by molar-refractivity contribution is 9.10. The van der Waals surface area contributed by atoms with Crippen molar-refractivity contribution < 1.29 is 0 Å². The van der Waals surface area contributed by atoms with E-state index < -0.39 is 0 Å². The van der Waals surface area contributed by atoms with Gasteiger partial charge in [-0.15, -0.1) is 15.0 Å². The number of nitrogens with zero attached hydrogens (tertiary/aromatic N) is 4. The van der Waals surface area contributed by atoms with Crippen molar-refractivity contribution in [1.29, 1.82) is 0 Å². The van der Waals surface area contributed by atoms with Gasteiger partial charge in [0.2, 0.25) is 5.82 Å². The second kappa shape index (κ2) is 6.15. The van der Waals surface area contributed by atoms with Gasteiger partial charge in [-0.1, -0.05) is 36.4 Å². The third-order valence-electron chi connectivity index (χ3n) is 3.05. The third-order valence-corrected chi connectivity index (χ3v) is 3.69. The number of hydrogen-bond acceptors (Lipinski definition) is 4. The third kappa shape index (κ3) is 3.01. The predicted octanol–water partition coefficient (Wildman–Crippen LogP) is 2.81. The number of rotatable bonds is 4. The van der Waals surface area contributed by atoms with E-state index in [2.05, 4.69) is 42.7 Å². The standard InChI is InChI=1S/C15H14BrN5/c1-17-10-11-7-8-14(13(16)9-11)21-19-15(18-20-21)12-5-3-2-4-6-12/h2-9,17H,10H2,1H3. The molecular weight excluding hydrogens is 330 g/mol. The molecule has 2 aromatic carbocycles. The highest BCUT2D eigenvalue weighted by Gasteiger charge is 2.09. The Kier molecular flexibility index (Phi) is 4.08. The smallest absolute Gasteiger partial charge is 0.205 e. The zero-order chi connectivity index (χ0) is 14.7. The Hall–Kier alpha value is -2.05. The Morgan fingerprint density at radius 3 is 2.67 bits per heavy atom. The maximum absolute atomic E-state index is 4.44. The van der Waals surface area contributed by atoms with Crippen molar-refractivity contribution in [2.45, 2.75) is 6.54 Å². The van der Waals surface area contributed by atoms with Gasteiger partial charge in [-0.3, -0.25) is 0 Å². The minimum atomic E-state index is 0.613. The van der Waals surface area contributed by atoms with Crippen LogP contribution in [-0.2, 0) is 6.54 Å². The van der Waals surface area contributed by atoms with E-state index in [0.717, 1.165) is 22.3 Å². The monoisotopic (exact) mass is 343 g/mol. The molecule has 0 aliphatic carbocycles. The summed E-state index contributed by atoms with van der Waals surface area (Å²) in [6, 6.07) is 15.9. The maximum atomic E-state index is 4.44. The molecule has 1 aromatic heterocycles. The lowest BCUT2D eigenvalue weighted by molar-refractivity contribution is 0.716. The summed E-state index contributed by atoms with van der Waals surface area (Å²) in [6.07, 6.45) is 0. The molecule has 106 valence electrons. The van der Waals surface area contributed by atoms with E-state index in [4.69, 9.17) is 0 Å². The normalized spacial score (nSPS) is 10.8. The summed E-state index contributed by atoms with van der Waals surface area (Å²) in [5.74, 6) is 0.613. The minimum Gasteiger partial charge on any atom is -0.316 e. The SMILES string of the molecule is CNCc1ccc(-n2nnc(-c3ccccc3)n2)c(Br)c1.